The lowest BCUT2D eigenvalue weighted by molar-refractivity contribution is 0.0955. The number of aryl methyl sites for hydroxylation is 1. The third-order valence-corrected chi connectivity index (χ3v) is 4.91. The van der Waals surface area contributed by atoms with E-state index in [0.717, 1.165) is 29.2 Å². The number of hydrogen-bond donors (Lipinski definition) is 1. The van der Waals surface area contributed by atoms with Crippen LogP contribution < -0.4 is 14.8 Å². The molecule has 1 amide bonds. The third-order valence-electron chi connectivity index (χ3n) is 3.70. The van der Waals surface area contributed by atoms with Crippen LogP contribution in [0.2, 0.25) is 0 Å². The van der Waals surface area contributed by atoms with Gasteiger partial charge in [-0.1, -0.05) is 0 Å². The van der Waals surface area contributed by atoms with Crippen LogP contribution in [0.5, 0.6) is 11.5 Å². The second-order valence-electron chi connectivity index (χ2n) is 5.92. The molecular formula is C18H25N3O3S. The summed E-state index contributed by atoms with van der Waals surface area (Å²) in [6.45, 7) is 3.45. The maximum atomic E-state index is 12.4. The number of hydrogen-bond acceptors (Lipinski definition) is 6. The number of amides is 1. The summed E-state index contributed by atoms with van der Waals surface area (Å²) >= 11 is 1.39. The molecular weight excluding hydrogens is 338 g/mol. The van der Waals surface area contributed by atoms with Crippen molar-refractivity contribution in [2.24, 2.45) is 0 Å². The molecule has 0 atom stereocenters. The number of ether oxygens (including phenoxy) is 2. The van der Waals surface area contributed by atoms with Gasteiger partial charge in [0.05, 0.1) is 19.9 Å². The van der Waals surface area contributed by atoms with Crippen molar-refractivity contribution < 1.29 is 14.3 Å². The third kappa shape index (κ3) is 4.93. The Morgan fingerprint density at radius 3 is 2.60 bits per heavy atom. The van der Waals surface area contributed by atoms with Gasteiger partial charge in [-0.15, -0.1) is 11.3 Å². The van der Waals surface area contributed by atoms with Crippen LogP contribution in [0.15, 0.2) is 18.2 Å². The molecule has 0 unspecified atom stereocenters. The number of rotatable bonds is 8. The largest absolute Gasteiger partial charge is 0.493 e. The van der Waals surface area contributed by atoms with E-state index in [0.29, 0.717) is 22.9 Å². The fourth-order valence-electron chi connectivity index (χ4n) is 2.38. The number of carbonyl (C=O) groups excluding carboxylic acids is 1. The fourth-order valence-corrected chi connectivity index (χ4v) is 3.36. The predicted molar refractivity (Wildman–Crippen MR) is 101 cm³/mol. The minimum absolute atomic E-state index is 0.0690. The molecule has 0 spiro atoms. The molecule has 136 valence electrons. The zero-order valence-electron chi connectivity index (χ0n) is 15.4. The molecule has 6 nitrogen and oxygen atoms in total. The number of aromatic nitrogens is 1. The van der Waals surface area contributed by atoms with Gasteiger partial charge in [0.1, 0.15) is 9.88 Å². The molecule has 1 aromatic carbocycles. The van der Waals surface area contributed by atoms with Crippen LogP contribution in [0.1, 0.15) is 21.8 Å². The zero-order chi connectivity index (χ0) is 18.4. The lowest BCUT2D eigenvalue weighted by Crippen LogP contribution is -2.26. The molecule has 0 aliphatic carbocycles. The summed E-state index contributed by atoms with van der Waals surface area (Å²) in [6, 6.07) is 5.63. The highest BCUT2D eigenvalue weighted by atomic mass is 32.1. The minimum Gasteiger partial charge on any atom is -0.493 e. The van der Waals surface area contributed by atoms with E-state index < -0.39 is 0 Å². The summed E-state index contributed by atoms with van der Waals surface area (Å²) in [6.07, 6.45) is 0.916. The molecule has 1 aromatic heterocycles. The summed E-state index contributed by atoms with van der Waals surface area (Å²) in [7, 11) is 7.24. The van der Waals surface area contributed by atoms with Crippen LogP contribution in [-0.2, 0) is 0 Å². The van der Waals surface area contributed by atoms with Gasteiger partial charge in [-0.3, -0.25) is 4.79 Å². The van der Waals surface area contributed by atoms with Crippen molar-refractivity contribution in [3.8, 4) is 22.1 Å². The van der Waals surface area contributed by atoms with Gasteiger partial charge in [0.25, 0.3) is 5.91 Å². The number of carbonyl (C=O) groups is 1. The van der Waals surface area contributed by atoms with Gasteiger partial charge in [0, 0.05) is 12.1 Å². The highest BCUT2D eigenvalue weighted by Gasteiger charge is 2.17. The minimum atomic E-state index is -0.0690. The van der Waals surface area contributed by atoms with Crippen LogP contribution in [0.4, 0.5) is 0 Å². The summed E-state index contributed by atoms with van der Waals surface area (Å²) < 4.78 is 10.6. The molecule has 7 heteroatoms. The van der Waals surface area contributed by atoms with E-state index in [9.17, 15) is 4.79 Å². The molecule has 0 aliphatic rings. The van der Waals surface area contributed by atoms with E-state index in [2.05, 4.69) is 15.2 Å². The summed E-state index contributed by atoms with van der Waals surface area (Å²) in [5.74, 6) is 1.24. The van der Waals surface area contributed by atoms with Crippen molar-refractivity contribution in [1.82, 2.24) is 15.2 Å². The van der Waals surface area contributed by atoms with Gasteiger partial charge < -0.3 is 19.7 Å². The van der Waals surface area contributed by atoms with Crippen molar-refractivity contribution >= 4 is 17.2 Å². The van der Waals surface area contributed by atoms with Crippen molar-refractivity contribution in [3.63, 3.8) is 0 Å². The Morgan fingerprint density at radius 2 is 1.96 bits per heavy atom. The second kappa shape index (κ2) is 8.82. The first kappa shape index (κ1) is 19.2. The maximum Gasteiger partial charge on any atom is 0.263 e. The maximum absolute atomic E-state index is 12.4. The van der Waals surface area contributed by atoms with Gasteiger partial charge in [0.15, 0.2) is 11.5 Å². The first-order valence-corrected chi connectivity index (χ1v) is 8.90. The van der Waals surface area contributed by atoms with E-state index in [1.165, 1.54) is 11.3 Å². The topological polar surface area (TPSA) is 63.7 Å². The lowest BCUT2D eigenvalue weighted by atomic mass is 10.2. The second-order valence-corrected chi connectivity index (χ2v) is 6.92. The van der Waals surface area contributed by atoms with E-state index in [4.69, 9.17) is 9.47 Å². The van der Waals surface area contributed by atoms with Crippen molar-refractivity contribution in [2.75, 3.05) is 41.4 Å². The van der Waals surface area contributed by atoms with Gasteiger partial charge in [-0.05, 0) is 52.2 Å². The van der Waals surface area contributed by atoms with Crippen LogP contribution in [-0.4, -0.2) is 57.2 Å². The Balaban J connectivity index is 2.12. The van der Waals surface area contributed by atoms with E-state index in [1.807, 2.05) is 39.2 Å². The average molecular weight is 363 g/mol. The monoisotopic (exact) mass is 363 g/mol. The van der Waals surface area contributed by atoms with Crippen molar-refractivity contribution in [1.29, 1.82) is 0 Å². The molecule has 0 saturated heterocycles. The first-order valence-electron chi connectivity index (χ1n) is 8.09. The number of nitrogens with zero attached hydrogens (tertiary/aromatic N) is 2. The SMILES string of the molecule is COc1ccc(-c2nc(C)c(C(=O)NCCCN(C)C)s2)cc1OC. The molecule has 25 heavy (non-hydrogen) atoms. The molecule has 0 radical (unpaired) electrons. The molecule has 1 heterocycles. The normalized spacial score (nSPS) is 10.8. The molecule has 0 aliphatic heterocycles. The van der Waals surface area contributed by atoms with Crippen LogP contribution in [0, 0.1) is 6.92 Å². The summed E-state index contributed by atoms with van der Waals surface area (Å²) in [4.78, 5) is 19.7. The van der Waals surface area contributed by atoms with E-state index >= 15 is 0 Å². The Bertz CT molecular complexity index is 728. The smallest absolute Gasteiger partial charge is 0.263 e. The molecule has 0 bridgehead atoms. The highest BCUT2D eigenvalue weighted by Crippen LogP contribution is 2.34. The molecule has 1 N–H and O–H groups in total. The molecule has 2 rings (SSSR count). The Hall–Kier alpha value is -2.12. The quantitative estimate of drug-likeness (QED) is 0.731. The van der Waals surface area contributed by atoms with Gasteiger partial charge in [-0.25, -0.2) is 4.98 Å². The van der Waals surface area contributed by atoms with E-state index in [1.54, 1.807) is 14.2 Å². The molecule has 0 saturated carbocycles. The van der Waals surface area contributed by atoms with Crippen molar-refractivity contribution in [3.05, 3.63) is 28.8 Å². The number of benzene rings is 1. The number of nitrogens with one attached hydrogen (secondary N) is 1. The fraction of sp³-hybridized carbons (Fsp3) is 0.444. The van der Waals surface area contributed by atoms with Gasteiger partial charge >= 0.3 is 0 Å². The zero-order valence-corrected chi connectivity index (χ0v) is 16.2. The highest BCUT2D eigenvalue weighted by molar-refractivity contribution is 7.17. The first-order chi connectivity index (χ1) is 12.0. The number of thiazole rings is 1. The van der Waals surface area contributed by atoms with Crippen LogP contribution in [0.25, 0.3) is 10.6 Å². The van der Waals surface area contributed by atoms with Crippen molar-refractivity contribution in [2.45, 2.75) is 13.3 Å². The number of methoxy groups -OCH3 is 2. The van der Waals surface area contributed by atoms with Crippen LogP contribution >= 0.6 is 11.3 Å². The average Bonchev–Trinajstić information content (AvgIpc) is 2.99. The summed E-state index contributed by atoms with van der Waals surface area (Å²) in [5, 5.41) is 3.75. The Labute approximate surface area is 152 Å². The predicted octanol–water partition coefficient (Wildman–Crippen LogP) is 2.82. The summed E-state index contributed by atoms with van der Waals surface area (Å²) in [5.41, 5.74) is 1.64. The molecule has 2 aromatic rings. The lowest BCUT2D eigenvalue weighted by Gasteiger charge is -2.09. The van der Waals surface area contributed by atoms with Gasteiger partial charge in [0.2, 0.25) is 0 Å². The standard InChI is InChI=1S/C18H25N3O3S/c1-12-16(17(22)19-9-6-10-21(2)3)25-18(20-12)13-7-8-14(23-4)15(11-13)24-5/h7-8,11H,6,9-10H2,1-5H3,(H,19,22). The Kier molecular flexibility index (Phi) is 6.78. The van der Waals surface area contributed by atoms with Gasteiger partial charge in [-0.2, -0.15) is 0 Å². The Morgan fingerprint density at radius 1 is 1.24 bits per heavy atom. The van der Waals surface area contributed by atoms with Crippen LogP contribution in [0.3, 0.4) is 0 Å². The van der Waals surface area contributed by atoms with E-state index in [-0.39, 0.29) is 5.91 Å². The molecule has 0 fully saturated rings.